The highest BCUT2D eigenvalue weighted by molar-refractivity contribution is 7.89. The zero-order valence-electron chi connectivity index (χ0n) is 12.2. The minimum absolute atomic E-state index is 0.0182. The number of nitrogens with one attached hydrogen (secondary N) is 3. The lowest BCUT2D eigenvalue weighted by atomic mass is 9.86. The molecular formula is C13H26N4O2S. The van der Waals surface area contributed by atoms with Crippen LogP contribution in [0.5, 0.6) is 0 Å². The van der Waals surface area contributed by atoms with E-state index < -0.39 is 10.0 Å². The molecule has 1 fully saturated rings. The molecule has 6 nitrogen and oxygen atoms in total. The van der Waals surface area contributed by atoms with Gasteiger partial charge in [-0.15, -0.1) is 6.58 Å². The van der Waals surface area contributed by atoms with Crippen molar-refractivity contribution < 1.29 is 8.42 Å². The van der Waals surface area contributed by atoms with E-state index in [-0.39, 0.29) is 12.3 Å². The van der Waals surface area contributed by atoms with Crippen LogP contribution >= 0.6 is 0 Å². The summed E-state index contributed by atoms with van der Waals surface area (Å²) in [4.78, 5) is 4.22. The fourth-order valence-corrected chi connectivity index (χ4v) is 2.77. The number of guanidine groups is 1. The number of hydrogen-bond acceptors (Lipinski definition) is 3. The molecule has 0 amide bonds. The molecule has 1 rings (SSSR count). The fraction of sp³-hybridized carbons (Fsp3) is 0.769. The molecule has 0 heterocycles. The SMILES string of the molecule is C=CCNC(=NCCS(=O)(=O)NCC1CCC1)NCC. The second-order valence-corrected chi connectivity index (χ2v) is 6.82. The van der Waals surface area contributed by atoms with E-state index in [1.54, 1.807) is 6.08 Å². The smallest absolute Gasteiger partial charge is 0.213 e. The molecule has 0 aromatic rings. The molecule has 1 aliphatic carbocycles. The van der Waals surface area contributed by atoms with Crippen LogP contribution in [0, 0.1) is 5.92 Å². The Morgan fingerprint density at radius 1 is 1.40 bits per heavy atom. The maximum Gasteiger partial charge on any atom is 0.213 e. The minimum Gasteiger partial charge on any atom is -0.357 e. The summed E-state index contributed by atoms with van der Waals surface area (Å²) in [6.45, 7) is 7.72. The van der Waals surface area contributed by atoms with Crippen molar-refractivity contribution in [3.05, 3.63) is 12.7 Å². The molecule has 0 unspecified atom stereocenters. The first-order valence-electron chi connectivity index (χ1n) is 7.17. The second-order valence-electron chi connectivity index (χ2n) is 4.89. The van der Waals surface area contributed by atoms with Crippen molar-refractivity contribution in [2.75, 3.05) is 31.9 Å². The van der Waals surface area contributed by atoms with Gasteiger partial charge in [0.15, 0.2) is 5.96 Å². The van der Waals surface area contributed by atoms with E-state index in [0.29, 0.717) is 25.0 Å². The van der Waals surface area contributed by atoms with Gasteiger partial charge < -0.3 is 10.6 Å². The van der Waals surface area contributed by atoms with Crippen molar-refractivity contribution in [2.24, 2.45) is 10.9 Å². The Bertz CT molecular complexity index is 416. The molecule has 3 N–H and O–H groups in total. The zero-order valence-corrected chi connectivity index (χ0v) is 13.0. The van der Waals surface area contributed by atoms with Gasteiger partial charge in [-0.2, -0.15) is 0 Å². The third kappa shape index (κ3) is 6.91. The summed E-state index contributed by atoms with van der Waals surface area (Å²) in [5, 5.41) is 6.08. The van der Waals surface area contributed by atoms with Crippen molar-refractivity contribution >= 4 is 16.0 Å². The Morgan fingerprint density at radius 2 is 2.15 bits per heavy atom. The first-order chi connectivity index (χ1) is 9.57. The van der Waals surface area contributed by atoms with Gasteiger partial charge in [0.05, 0.1) is 12.3 Å². The fourth-order valence-electron chi connectivity index (χ4n) is 1.80. The van der Waals surface area contributed by atoms with Gasteiger partial charge in [0.25, 0.3) is 0 Å². The van der Waals surface area contributed by atoms with E-state index in [1.807, 2.05) is 6.92 Å². The topological polar surface area (TPSA) is 82.6 Å². The Morgan fingerprint density at radius 3 is 2.70 bits per heavy atom. The molecule has 0 aromatic carbocycles. The number of nitrogens with zero attached hydrogens (tertiary/aromatic N) is 1. The van der Waals surface area contributed by atoms with Gasteiger partial charge in [-0.3, -0.25) is 4.99 Å². The summed E-state index contributed by atoms with van der Waals surface area (Å²) >= 11 is 0. The van der Waals surface area contributed by atoms with Crippen LogP contribution in [0.1, 0.15) is 26.2 Å². The Hall–Kier alpha value is -1.08. The standard InChI is InChI=1S/C13H26N4O2S/c1-3-8-15-13(14-4-2)16-9-10-20(18,19)17-11-12-6-5-7-12/h3,12,17H,1,4-11H2,2H3,(H2,14,15,16). The Kier molecular flexibility index (Phi) is 7.61. The average molecular weight is 302 g/mol. The molecule has 0 aliphatic heterocycles. The predicted octanol–water partition coefficient (Wildman–Crippen LogP) is 0.447. The van der Waals surface area contributed by atoms with Crippen LogP contribution in [0.15, 0.2) is 17.6 Å². The predicted molar refractivity (Wildman–Crippen MR) is 83.3 cm³/mol. The second kappa shape index (κ2) is 8.97. The lowest BCUT2D eigenvalue weighted by Crippen LogP contribution is -2.38. The van der Waals surface area contributed by atoms with E-state index >= 15 is 0 Å². The molecule has 0 bridgehead atoms. The van der Waals surface area contributed by atoms with Gasteiger partial charge >= 0.3 is 0 Å². The molecule has 20 heavy (non-hydrogen) atoms. The van der Waals surface area contributed by atoms with Crippen LogP contribution in [-0.2, 0) is 10.0 Å². The Balaban J connectivity index is 2.31. The van der Waals surface area contributed by atoms with E-state index in [4.69, 9.17) is 0 Å². The molecule has 0 spiro atoms. The molecule has 1 aliphatic rings. The van der Waals surface area contributed by atoms with E-state index in [9.17, 15) is 8.42 Å². The molecule has 0 atom stereocenters. The molecule has 0 aromatic heterocycles. The molecular weight excluding hydrogens is 276 g/mol. The molecule has 0 radical (unpaired) electrons. The third-order valence-corrected chi connectivity index (χ3v) is 4.53. The summed E-state index contributed by atoms with van der Waals surface area (Å²) in [5.41, 5.74) is 0. The largest absolute Gasteiger partial charge is 0.357 e. The van der Waals surface area contributed by atoms with Crippen LogP contribution in [-0.4, -0.2) is 46.3 Å². The number of sulfonamides is 1. The van der Waals surface area contributed by atoms with Crippen LogP contribution < -0.4 is 15.4 Å². The van der Waals surface area contributed by atoms with Gasteiger partial charge in [-0.1, -0.05) is 12.5 Å². The maximum atomic E-state index is 11.8. The van der Waals surface area contributed by atoms with Gasteiger partial charge in [0.2, 0.25) is 10.0 Å². The van der Waals surface area contributed by atoms with Gasteiger partial charge in [0, 0.05) is 19.6 Å². The summed E-state index contributed by atoms with van der Waals surface area (Å²) in [7, 11) is -3.22. The van der Waals surface area contributed by atoms with Gasteiger partial charge in [-0.25, -0.2) is 13.1 Å². The first kappa shape index (κ1) is 17.0. The lowest BCUT2D eigenvalue weighted by molar-refractivity contribution is 0.316. The number of hydrogen-bond donors (Lipinski definition) is 3. The van der Waals surface area contributed by atoms with E-state index in [0.717, 1.165) is 19.4 Å². The lowest BCUT2D eigenvalue weighted by Gasteiger charge is -2.25. The third-order valence-electron chi connectivity index (χ3n) is 3.20. The van der Waals surface area contributed by atoms with E-state index in [1.165, 1.54) is 6.42 Å². The normalized spacial score (nSPS) is 16.6. The van der Waals surface area contributed by atoms with Crippen molar-refractivity contribution in [3.63, 3.8) is 0 Å². The number of rotatable bonds is 9. The highest BCUT2D eigenvalue weighted by Gasteiger charge is 2.19. The van der Waals surface area contributed by atoms with Crippen LogP contribution in [0.3, 0.4) is 0 Å². The van der Waals surface area contributed by atoms with Crippen molar-refractivity contribution in [1.82, 2.24) is 15.4 Å². The van der Waals surface area contributed by atoms with Gasteiger partial charge in [0.1, 0.15) is 0 Å². The van der Waals surface area contributed by atoms with E-state index in [2.05, 4.69) is 26.9 Å². The molecule has 116 valence electrons. The highest BCUT2D eigenvalue weighted by atomic mass is 32.2. The summed E-state index contributed by atoms with van der Waals surface area (Å²) in [6.07, 6.45) is 5.22. The summed E-state index contributed by atoms with van der Waals surface area (Å²) in [6, 6.07) is 0. The van der Waals surface area contributed by atoms with Crippen LogP contribution in [0.4, 0.5) is 0 Å². The molecule has 0 saturated heterocycles. The number of aliphatic imine (C=N–C) groups is 1. The van der Waals surface area contributed by atoms with Crippen molar-refractivity contribution in [1.29, 1.82) is 0 Å². The van der Waals surface area contributed by atoms with Crippen LogP contribution in [0.25, 0.3) is 0 Å². The van der Waals surface area contributed by atoms with Crippen molar-refractivity contribution in [3.8, 4) is 0 Å². The highest BCUT2D eigenvalue weighted by Crippen LogP contribution is 2.25. The minimum atomic E-state index is -3.22. The first-order valence-corrected chi connectivity index (χ1v) is 8.83. The zero-order chi connectivity index (χ0) is 14.8. The summed E-state index contributed by atoms with van der Waals surface area (Å²) in [5.74, 6) is 1.16. The summed E-state index contributed by atoms with van der Waals surface area (Å²) < 4.78 is 26.2. The van der Waals surface area contributed by atoms with Crippen LogP contribution in [0.2, 0.25) is 0 Å². The van der Waals surface area contributed by atoms with Crippen molar-refractivity contribution in [2.45, 2.75) is 26.2 Å². The Labute approximate surface area is 122 Å². The van der Waals surface area contributed by atoms with Gasteiger partial charge in [-0.05, 0) is 25.7 Å². The quantitative estimate of drug-likeness (QED) is 0.328. The molecule has 1 saturated carbocycles. The average Bonchev–Trinajstić information content (AvgIpc) is 2.33. The molecule has 7 heteroatoms. The monoisotopic (exact) mass is 302 g/mol. The maximum absolute atomic E-state index is 11.8.